The van der Waals surface area contributed by atoms with Gasteiger partial charge in [-0.3, -0.25) is 19.3 Å². The monoisotopic (exact) mass is 374 g/mol. The minimum absolute atomic E-state index is 0.286. The Balaban J connectivity index is 2.01. The van der Waals surface area contributed by atoms with Crippen molar-refractivity contribution in [3.8, 4) is 0 Å². The maximum atomic E-state index is 12.3. The van der Waals surface area contributed by atoms with Crippen molar-refractivity contribution in [3.63, 3.8) is 0 Å². The predicted octanol–water partition coefficient (Wildman–Crippen LogP) is 3.30. The van der Waals surface area contributed by atoms with Crippen molar-refractivity contribution in [1.82, 2.24) is 4.90 Å². The van der Waals surface area contributed by atoms with Crippen LogP contribution in [0.25, 0.3) is 6.08 Å². The van der Waals surface area contributed by atoms with Gasteiger partial charge < -0.3 is 9.64 Å². The Kier molecular flexibility index (Phi) is 6.63. The molecule has 0 saturated carbocycles. The van der Waals surface area contributed by atoms with Crippen LogP contribution in [0.3, 0.4) is 0 Å². The van der Waals surface area contributed by atoms with Crippen LogP contribution in [-0.4, -0.2) is 48.8 Å². The van der Waals surface area contributed by atoms with Gasteiger partial charge in [0.05, 0.1) is 11.0 Å². The fourth-order valence-corrected chi connectivity index (χ4v) is 3.00. The van der Waals surface area contributed by atoms with E-state index in [4.69, 9.17) is 4.74 Å². The quantitative estimate of drug-likeness (QED) is 0.562. The molecule has 0 N–H and O–H groups in total. The van der Waals surface area contributed by atoms with Gasteiger partial charge in [-0.1, -0.05) is 24.3 Å². The van der Waals surface area contributed by atoms with E-state index in [0.717, 1.165) is 27.9 Å². The largest absolute Gasteiger partial charge is 0.462 e. The summed E-state index contributed by atoms with van der Waals surface area (Å²) in [7, 11) is 3.94. The van der Waals surface area contributed by atoms with Gasteiger partial charge in [0.25, 0.3) is 11.1 Å². The lowest BCUT2D eigenvalue weighted by molar-refractivity contribution is -0.149. The fraction of sp³-hybridized carbons (Fsp3) is 0.316. The lowest BCUT2D eigenvalue weighted by atomic mass is 10.2. The van der Waals surface area contributed by atoms with Gasteiger partial charge in [-0.2, -0.15) is 0 Å². The zero-order chi connectivity index (χ0) is 19.3. The van der Waals surface area contributed by atoms with Crippen LogP contribution in [0, 0.1) is 0 Å². The average molecular weight is 374 g/mol. The van der Waals surface area contributed by atoms with Crippen LogP contribution >= 0.6 is 11.8 Å². The first-order chi connectivity index (χ1) is 12.3. The molecule has 2 rings (SSSR count). The fourth-order valence-electron chi connectivity index (χ4n) is 2.21. The second-order valence-electron chi connectivity index (χ2n) is 6.17. The Morgan fingerprint density at radius 3 is 2.46 bits per heavy atom. The zero-order valence-corrected chi connectivity index (χ0v) is 16.1. The van der Waals surface area contributed by atoms with Gasteiger partial charge >= 0.3 is 5.97 Å². The molecule has 26 heavy (non-hydrogen) atoms. The molecule has 1 aromatic rings. The Bertz CT molecular complexity index is 751. The van der Waals surface area contributed by atoms with Gasteiger partial charge in [0, 0.05) is 19.8 Å². The number of ether oxygens (including phenoxy) is 1. The minimum Gasteiger partial charge on any atom is -0.462 e. The number of allylic oxidation sites excluding steroid dienone is 2. The van der Waals surface area contributed by atoms with Crippen LogP contribution in [0.4, 0.5) is 10.5 Å². The number of benzene rings is 1. The SMILES string of the molecule is CC(C)OC(=O)CN1C(=O)S/C(=C/C=C/c2ccc(N(C)C)cc2)C1=O. The molecule has 0 unspecified atom stereocenters. The smallest absolute Gasteiger partial charge is 0.326 e. The van der Waals surface area contributed by atoms with Crippen LogP contribution < -0.4 is 4.90 Å². The predicted molar refractivity (Wildman–Crippen MR) is 104 cm³/mol. The highest BCUT2D eigenvalue weighted by Gasteiger charge is 2.36. The van der Waals surface area contributed by atoms with Crippen molar-refractivity contribution < 1.29 is 19.1 Å². The summed E-state index contributed by atoms with van der Waals surface area (Å²) in [6.45, 7) is 3.05. The van der Waals surface area contributed by atoms with Gasteiger partial charge in [0.1, 0.15) is 6.54 Å². The summed E-state index contributed by atoms with van der Waals surface area (Å²) in [5.74, 6) is -1.08. The molecule has 1 aliphatic rings. The van der Waals surface area contributed by atoms with Gasteiger partial charge in [-0.05, 0) is 49.4 Å². The highest BCUT2D eigenvalue weighted by molar-refractivity contribution is 8.18. The number of anilines is 1. The molecule has 1 aromatic carbocycles. The lowest BCUT2D eigenvalue weighted by Crippen LogP contribution is -2.35. The number of carbonyl (C=O) groups excluding carboxylic acids is 3. The van der Waals surface area contributed by atoms with Crippen molar-refractivity contribution in [2.45, 2.75) is 20.0 Å². The van der Waals surface area contributed by atoms with Crippen molar-refractivity contribution in [2.24, 2.45) is 0 Å². The van der Waals surface area contributed by atoms with E-state index in [-0.39, 0.29) is 17.6 Å². The van der Waals surface area contributed by atoms with E-state index in [1.165, 1.54) is 0 Å². The summed E-state index contributed by atoms with van der Waals surface area (Å²) in [5.41, 5.74) is 2.07. The van der Waals surface area contributed by atoms with E-state index in [0.29, 0.717) is 0 Å². The lowest BCUT2D eigenvalue weighted by Gasteiger charge is -2.13. The van der Waals surface area contributed by atoms with Gasteiger partial charge in [-0.25, -0.2) is 0 Å². The second-order valence-corrected chi connectivity index (χ2v) is 7.17. The maximum Gasteiger partial charge on any atom is 0.326 e. The van der Waals surface area contributed by atoms with Crippen LogP contribution in [0.15, 0.2) is 41.3 Å². The van der Waals surface area contributed by atoms with E-state index < -0.39 is 17.1 Å². The molecule has 0 spiro atoms. The first-order valence-electron chi connectivity index (χ1n) is 8.17. The highest BCUT2D eigenvalue weighted by Crippen LogP contribution is 2.30. The zero-order valence-electron chi connectivity index (χ0n) is 15.3. The number of nitrogens with zero attached hydrogens (tertiary/aromatic N) is 2. The van der Waals surface area contributed by atoms with E-state index in [9.17, 15) is 14.4 Å². The molecule has 6 nitrogen and oxygen atoms in total. The molecule has 0 aromatic heterocycles. The summed E-state index contributed by atoms with van der Waals surface area (Å²) in [4.78, 5) is 39.1. The summed E-state index contributed by atoms with van der Waals surface area (Å²) < 4.78 is 4.98. The minimum atomic E-state index is -0.597. The molecule has 138 valence electrons. The molecule has 0 radical (unpaired) electrons. The molecule has 1 aliphatic heterocycles. The Morgan fingerprint density at radius 2 is 1.88 bits per heavy atom. The second kappa shape index (κ2) is 8.71. The summed E-state index contributed by atoms with van der Waals surface area (Å²) in [6.07, 6.45) is 4.85. The summed E-state index contributed by atoms with van der Waals surface area (Å²) in [6, 6.07) is 7.92. The number of thioether (sulfide) groups is 1. The number of rotatable bonds is 6. The van der Waals surface area contributed by atoms with Crippen LogP contribution in [0.5, 0.6) is 0 Å². The normalized spacial score (nSPS) is 16.2. The number of hydrogen-bond acceptors (Lipinski definition) is 6. The third kappa shape index (κ3) is 5.23. The molecule has 0 atom stereocenters. The number of amides is 2. The van der Waals surface area contributed by atoms with Crippen molar-refractivity contribution in [3.05, 3.63) is 46.9 Å². The molecule has 1 fully saturated rings. The van der Waals surface area contributed by atoms with Crippen molar-refractivity contribution in [1.29, 1.82) is 0 Å². The van der Waals surface area contributed by atoms with Gasteiger partial charge in [0.15, 0.2) is 0 Å². The third-order valence-corrected chi connectivity index (χ3v) is 4.40. The Labute approximate surface area is 157 Å². The Morgan fingerprint density at radius 1 is 1.23 bits per heavy atom. The molecule has 2 amide bonds. The van der Waals surface area contributed by atoms with Gasteiger partial charge in [-0.15, -0.1) is 0 Å². The first-order valence-corrected chi connectivity index (χ1v) is 8.98. The molecule has 7 heteroatoms. The molecular weight excluding hydrogens is 352 g/mol. The number of hydrogen-bond donors (Lipinski definition) is 0. The van der Waals surface area contributed by atoms with Crippen LogP contribution in [-0.2, 0) is 14.3 Å². The van der Waals surface area contributed by atoms with E-state index in [2.05, 4.69) is 0 Å². The standard InChI is InChI=1S/C19H22N2O4S/c1-13(2)25-17(22)12-21-18(23)16(26-19(21)24)7-5-6-14-8-10-15(11-9-14)20(3)4/h5-11,13H,12H2,1-4H3/b6-5+,16-7+. The van der Waals surface area contributed by atoms with Crippen molar-refractivity contribution in [2.75, 3.05) is 25.5 Å². The first kappa shape index (κ1) is 19.8. The average Bonchev–Trinajstić information content (AvgIpc) is 2.82. The summed E-state index contributed by atoms with van der Waals surface area (Å²) in [5, 5.41) is -0.467. The third-order valence-electron chi connectivity index (χ3n) is 3.47. The molecule has 1 saturated heterocycles. The highest BCUT2D eigenvalue weighted by atomic mass is 32.2. The Hall–Kier alpha value is -2.54. The van der Waals surface area contributed by atoms with Gasteiger partial charge in [0.2, 0.25) is 0 Å². The molecule has 0 bridgehead atoms. The maximum absolute atomic E-state index is 12.3. The van der Waals surface area contributed by atoms with E-state index in [1.807, 2.05) is 49.3 Å². The number of esters is 1. The molecule has 1 heterocycles. The van der Waals surface area contributed by atoms with E-state index in [1.54, 1.807) is 26.0 Å². The molecule has 0 aliphatic carbocycles. The van der Waals surface area contributed by atoms with Crippen LogP contribution in [0.2, 0.25) is 0 Å². The number of imide groups is 1. The summed E-state index contributed by atoms with van der Waals surface area (Å²) >= 11 is 0.817. The topological polar surface area (TPSA) is 66.9 Å². The molecular formula is C19H22N2O4S. The van der Waals surface area contributed by atoms with Crippen molar-refractivity contribution >= 4 is 40.6 Å². The number of carbonyl (C=O) groups is 3. The van der Waals surface area contributed by atoms with E-state index >= 15 is 0 Å². The van der Waals surface area contributed by atoms with Crippen LogP contribution in [0.1, 0.15) is 19.4 Å².